The summed E-state index contributed by atoms with van der Waals surface area (Å²) < 4.78 is -0.553. The Kier molecular flexibility index (Phi) is 5.14. The molecular formula is C19H23N3O5S. The predicted octanol–water partition coefficient (Wildman–Crippen LogP) is 1.13. The van der Waals surface area contributed by atoms with Gasteiger partial charge in [-0.05, 0) is 39.3 Å². The van der Waals surface area contributed by atoms with Crippen LogP contribution in [0, 0.1) is 0 Å². The van der Waals surface area contributed by atoms with E-state index < -0.39 is 40.7 Å². The number of carboxylic acid groups (broad SMARTS) is 1. The molecule has 0 saturated carbocycles. The highest BCUT2D eigenvalue weighted by atomic mass is 32.2. The van der Waals surface area contributed by atoms with Crippen LogP contribution >= 0.6 is 11.8 Å². The lowest BCUT2D eigenvalue weighted by molar-refractivity contribution is -0.141. The summed E-state index contributed by atoms with van der Waals surface area (Å²) in [5, 5.41) is 13.6. The van der Waals surface area contributed by atoms with Crippen LogP contribution in [0.15, 0.2) is 24.3 Å². The number of hydrogen-bond acceptors (Lipinski definition) is 5. The quantitative estimate of drug-likeness (QED) is 0.676. The van der Waals surface area contributed by atoms with Crippen molar-refractivity contribution in [3.05, 3.63) is 35.4 Å². The topological polar surface area (TPSA) is 116 Å². The highest BCUT2D eigenvalue weighted by molar-refractivity contribution is 8.01. The summed E-state index contributed by atoms with van der Waals surface area (Å²) in [5.41, 5.74) is 1.48. The predicted molar refractivity (Wildman–Crippen MR) is 104 cm³/mol. The number of carboxylic acids is 1. The molecule has 1 aromatic carbocycles. The van der Waals surface area contributed by atoms with E-state index in [1.807, 2.05) is 26.0 Å². The number of fused-ring (bicyclic) bond motifs is 3. The first-order valence-corrected chi connectivity index (χ1v) is 9.85. The van der Waals surface area contributed by atoms with E-state index in [2.05, 4.69) is 10.6 Å². The molecule has 0 bridgehead atoms. The van der Waals surface area contributed by atoms with Crippen molar-refractivity contribution in [2.75, 3.05) is 0 Å². The first kappa shape index (κ1) is 20.2. The van der Waals surface area contributed by atoms with Crippen molar-refractivity contribution in [3.8, 4) is 0 Å². The Morgan fingerprint density at radius 3 is 2.43 bits per heavy atom. The maximum Gasteiger partial charge on any atom is 0.325 e. The molecule has 28 heavy (non-hydrogen) atoms. The lowest BCUT2D eigenvalue weighted by Gasteiger charge is -2.30. The van der Waals surface area contributed by atoms with E-state index in [0.717, 1.165) is 5.56 Å². The normalized spacial score (nSPS) is 24.1. The Morgan fingerprint density at radius 1 is 1.14 bits per heavy atom. The second-order valence-corrected chi connectivity index (χ2v) is 9.31. The SMILES string of the molecule is C[C@H](NC(=O)[C@H](C)NC(=O)[C@H]1N2C(=O)c3ccccc3C2SC1(C)C)C(=O)O. The van der Waals surface area contributed by atoms with Crippen LogP contribution in [-0.2, 0) is 14.4 Å². The Balaban J connectivity index is 1.77. The van der Waals surface area contributed by atoms with Crippen molar-refractivity contribution in [2.45, 2.75) is 55.9 Å². The van der Waals surface area contributed by atoms with E-state index >= 15 is 0 Å². The summed E-state index contributed by atoms with van der Waals surface area (Å²) in [6.45, 7) is 6.62. The molecule has 3 N–H and O–H groups in total. The van der Waals surface area contributed by atoms with Crippen molar-refractivity contribution >= 4 is 35.5 Å². The van der Waals surface area contributed by atoms with Crippen LogP contribution < -0.4 is 10.6 Å². The third-order valence-electron chi connectivity index (χ3n) is 5.03. The third-order valence-corrected chi connectivity index (χ3v) is 6.56. The second kappa shape index (κ2) is 7.12. The summed E-state index contributed by atoms with van der Waals surface area (Å²) in [6, 6.07) is 4.55. The van der Waals surface area contributed by atoms with E-state index in [9.17, 15) is 19.2 Å². The van der Waals surface area contributed by atoms with Crippen molar-refractivity contribution in [2.24, 2.45) is 0 Å². The molecule has 0 aromatic heterocycles. The zero-order chi connectivity index (χ0) is 20.8. The number of nitrogens with one attached hydrogen (secondary N) is 2. The highest BCUT2D eigenvalue weighted by Crippen LogP contribution is 2.56. The van der Waals surface area contributed by atoms with Crippen molar-refractivity contribution in [1.29, 1.82) is 0 Å². The molecule has 1 aromatic rings. The number of hydrogen-bond donors (Lipinski definition) is 3. The fourth-order valence-electron chi connectivity index (χ4n) is 3.56. The van der Waals surface area contributed by atoms with Crippen LogP contribution in [0.4, 0.5) is 0 Å². The monoisotopic (exact) mass is 405 g/mol. The fraction of sp³-hybridized carbons (Fsp3) is 0.474. The van der Waals surface area contributed by atoms with Gasteiger partial charge in [-0.2, -0.15) is 0 Å². The number of carbonyl (C=O) groups excluding carboxylic acids is 3. The molecule has 3 rings (SSSR count). The van der Waals surface area contributed by atoms with Gasteiger partial charge in [-0.15, -0.1) is 11.8 Å². The second-order valence-electron chi connectivity index (χ2n) is 7.57. The molecule has 150 valence electrons. The lowest BCUT2D eigenvalue weighted by atomic mass is 10.0. The van der Waals surface area contributed by atoms with Gasteiger partial charge in [0.05, 0.1) is 0 Å². The van der Waals surface area contributed by atoms with Gasteiger partial charge in [-0.1, -0.05) is 18.2 Å². The van der Waals surface area contributed by atoms with E-state index in [1.54, 1.807) is 17.0 Å². The Bertz CT molecular complexity index is 856. The molecular weight excluding hydrogens is 382 g/mol. The average molecular weight is 405 g/mol. The molecule has 3 amide bonds. The van der Waals surface area contributed by atoms with E-state index in [4.69, 9.17) is 5.11 Å². The van der Waals surface area contributed by atoms with Gasteiger partial charge < -0.3 is 20.6 Å². The number of nitrogens with zero attached hydrogens (tertiary/aromatic N) is 1. The molecule has 4 atom stereocenters. The van der Waals surface area contributed by atoms with Gasteiger partial charge in [-0.3, -0.25) is 19.2 Å². The van der Waals surface area contributed by atoms with Crippen LogP contribution in [-0.4, -0.2) is 56.6 Å². The number of aliphatic carboxylic acids is 1. The molecule has 9 heteroatoms. The zero-order valence-electron chi connectivity index (χ0n) is 16.1. The average Bonchev–Trinajstić information content (AvgIpc) is 3.04. The Labute approximate surface area is 167 Å². The van der Waals surface area contributed by atoms with Crippen LogP contribution in [0.5, 0.6) is 0 Å². The first-order chi connectivity index (χ1) is 13.0. The van der Waals surface area contributed by atoms with E-state index in [0.29, 0.717) is 5.56 Å². The van der Waals surface area contributed by atoms with Gasteiger partial charge in [-0.25, -0.2) is 0 Å². The number of thioether (sulfide) groups is 1. The molecule has 1 saturated heterocycles. The van der Waals surface area contributed by atoms with Gasteiger partial charge in [0.2, 0.25) is 11.8 Å². The van der Waals surface area contributed by atoms with Gasteiger partial charge in [0.25, 0.3) is 5.91 Å². The molecule has 2 heterocycles. The molecule has 0 aliphatic carbocycles. The molecule has 2 aliphatic heterocycles. The smallest absolute Gasteiger partial charge is 0.325 e. The van der Waals surface area contributed by atoms with Gasteiger partial charge in [0.15, 0.2) is 0 Å². The maximum atomic E-state index is 13.0. The van der Waals surface area contributed by atoms with Crippen LogP contribution in [0.3, 0.4) is 0 Å². The zero-order valence-corrected chi connectivity index (χ0v) is 16.9. The summed E-state index contributed by atoms with van der Waals surface area (Å²) in [4.78, 5) is 50.6. The third kappa shape index (κ3) is 3.34. The van der Waals surface area contributed by atoms with E-state index in [1.165, 1.54) is 25.6 Å². The molecule has 0 radical (unpaired) electrons. The van der Waals surface area contributed by atoms with Gasteiger partial charge in [0, 0.05) is 10.3 Å². The van der Waals surface area contributed by atoms with Gasteiger partial charge >= 0.3 is 5.97 Å². The van der Waals surface area contributed by atoms with Crippen LogP contribution in [0.2, 0.25) is 0 Å². The molecule has 1 unspecified atom stereocenters. The number of carbonyl (C=O) groups is 4. The summed E-state index contributed by atoms with van der Waals surface area (Å²) in [5.74, 6) is -2.40. The number of benzene rings is 1. The van der Waals surface area contributed by atoms with Crippen molar-refractivity contribution < 1.29 is 24.3 Å². The van der Waals surface area contributed by atoms with Crippen LogP contribution in [0.1, 0.15) is 49.0 Å². The molecule has 8 nitrogen and oxygen atoms in total. The fourth-order valence-corrected chi connectivity index (χ4v) is 5.15. The Hall–Kier alpha value is -2.55. The first-order valence-electron chi connectivity index (χ1n) is 8.97. The van der Waals surface area contributed by atoms with Crippen molar-refractivity contribution in [1.82, 2.24) is 15.5 Å². The number of amides is 3. The van der Waals surface area contributed by atoms with Crippen molar-refractivity contribution in [3.63, 3.8) is 0 Å². The lowest BCUT2D eigenvalue weighted by Crippen LogP contribution is -2.57. The largest absolute Gasteiger partial charge is 0.480 e. The van der Waals surface area contributed by atoms with Gasteiger partial charge in [0.1, 0.15) is 23.5 Å². The van der Waals surface area contributed by atoms with Crippen LogP contribution in [0.25, 0.3) is 0 Å². The summed E-state index contributed by atoms with van der Waals surface area (Å²) >= 11 is 1.54. The summed E-state index contributed by atoms with van der Waals surface area (Å²) in [7, 11) is 0. The van der Waals surface area contributed by atoms with E-state index in [-0.39, 0.29) is 11.3 Å². The summed E-state index contributed by atoms with van der Waals surface area (Å²) in [6.07, 6.45) is 0. The molecule has 2 aliphatic rings. The Morgan fingerprint density at radius 2 is 1.79 bits per heavy atom. The minimum atomic E-state index is -1.16. The minimum Gasteiger partial charge on any atom is -0.480 e. The maximum absolute atomic E-state index is 13.0. The molecule has 1 fully saturated rings. The molecule has 0 spiro atoms. The minimum absolute atomic E-state index is 0.199. The highest BCUT2D eigenvalue weighted by Gasteiger charge is 2.57. The number of rotatable bonds is 5. The standard InChI is InChI=1S/C19H23N3O5S/c1-9(14(23)21-10(2)18(26)27)20-15(24)13-19(3,4)28-17-12-8-6-5-7-11(12)16(25)22(13)17/h5-10,13,17H,1-4H3,(H,20,24)(H,21,23)(H,26,27)/t9-,10-,13+,17?/m0/s1.